The molecular weight excluding hydrogens is 192 g/mol. The number of thioether (sulfide) groups is 1. The van der Waals surface area contributed by atoms with E-state index in [0.717, 1.165) is 19.3 Å². The predicted octanol–water partition coefficient (Wildman–Crippen LogP) is 3.38. The molecule has 0 spiro atoms. The van der Waals surface area contributed by atoms with Gasteiger partial charge in [-0.3, -0.25) is 0 Å². The van der Waals surface area contributed by atoms with Gasteiger partial charge in [0.25, 0.3) is 0 Å². The van der Waals surface area contributed by atoms with Crippen molar-refractivity contribution in [1.82, 2.24) is 0 Å². The molecule has 0 saturated carbocycles. The van der Waals surface area contributed by atoms with Gasteiger partial charge in [-0.05, 0) is 45.3 Å². The maximum absolute atomic E-state index is 10.4. The molecule has 82 valence electrons. The van der Waals surface area contributed by atoms with Gasteiger partial charge in [0.15, 0.2) is 0 Å². The molecule has 1 fully saturated rings. The van der Waals surface area contributed by atoms with E-state index in [2.05, 4.69) is 26.8 Å². The van der Waals surface area contributed by atoms with Gasteiger partial charge in [0.2, 0.25) is 0 Å². The Kier molecular flexibility index (Phi) is 4.52. The molecule has 1 N–H and O–H groups in total. The van der Waals surface area contributed by atoms with Crippen LogP contribution in [0.4, 0.5) is 0 Å². The summed E-state index contributed by atoms with van der Waals surface area (Å²) in [7, 11) is 0. The van der Waals surface area contributed by atoms with Crippen LogP contribution in [0.1, 0.15) is 46.5 Å². The Morgan fingerprint density at radius 2 is 2.29 bits per heavy atom. The van der Waals surface area contributed by atoms with Crippen molar-refractivity contribution in [2.75, 3.05) is 5.75 Å². The Bertz CT molecular complexity index is 208. The lowest BCUT2D eigenvalue weighted by Crippen LogP contribution is -2.41. The van der Waals surface area contributed by atoms with Crippen LogP contribution in [0.25, 0.3) is 0 Å². The third kappa shape index (κ3) is 3.32. The highest BCUT2D eigenvalue weighted by Gasteiger charge is 2.35. The number of hydrogen-bond acceptors (Lipinski definition) is 2. The van der Waals surface area contributed by atoms with E-state index in [1.165, 1.54) is 17.7 Å². The number of hydrogen-bond donors (Lipinski definition) is 1. The average molecular weight is 214 g/mol. The summed E-state index contributed by atoms with van der Waals surface area (Å²) in [5.41, 5.74) is 0.944. The smallest absolute Gasteiger partial charge is 0.0766 e. The van der Waals surface area contributed by atoms with E-state index in [1.54, 1.807) is 0 Å². The zero-order valence-electron chi connectivity index (χ0n) is 9.55. The average Bonchev–Trinajstić information content (AvgIpc) is 2.10. The summed E-state index contributed by atoms with van der Waals surface area (Å²) in [5.74, 6) is 1.21. The Balaban J connectivity index is 2.43. The fraction of sp³-hybridized carbons (Fsp3) is 0.833. The number of aliphatic hydroxyl groups is 1. The molecule has 0 aromatic carbocycles. The Morgan fingerprint density at radius 3 is 2.86 bits per heavy atom. The van der Waals surface area contributed by atoms with Crippen LogP contribution in [0.15, 0.2) is 11.6 Å². The van der Waals surface area contributed by atoms with Crippen LogP contribution >= 0.6 is 11.8 Å². The first kappa shape index (κ1) is 12.1. The van der Waals surface area contributed by atoms with Crippen LogP contribution in [-0.4, -0.2) is 21.7 Å². The molecule has 2 unspecified atom stereocenters. The molecule has 2 atom stereocenters. The summed E-state index contributed by atoms with van der Waals surface area (Å²) >= 11 is 1.91. The summed E-state index contributed by atoms with van der Waals surface area (Å²) in [4.78, 5) is 0. The second-order valence-electron chi connectivity index (χ2n) is 4.54. The standard InChI is InChI=1S/C12H22OS/c1-10(2)6-4-7-12(13)8-5-9-14-11(12)3/h6,11,13H,4-5,7-9H2,1-3H3. The summed E-state index contributed by atoms with van der Waals surface area (Å²) in [6, 6.07) is 0. The van der Waals surface area contributed by atoms with Gasteiger partial charge in [0.05, 0.1) is 5.60 Å². The molecular formula is C12H22OS. The molecule has 1 aliphatic heterocycles. The molecule has 0 radical (unpaired) electrons. The van der Waals surface area contributed by atoms with Crippen molar-refractivity contribution in [2.24, 2.45) is 0 Å². The molecule has 1 heterocycles. The maximum Gasteiger partial charge on any atom is 0.0766 e. The molecule has 0 bridgehead atoms. The van der Waals surface area contributed by atoms with E-state index in [-0.39, 0.29) is 0 Å². The monoisotopic (exact) mass is 214 g/mol. The minimum absolute atomic E-state index is 0.404. The van der Waals surface area contributed by atoms with Gasteiger partial charge in [-0.15, -0.1) is 0 Å². The molecule has 0 aromatic heterocycles. The third-order valence-corrected chi connectivity index (χ3v) is 4.47. The minimum Gasteiger partial charge on any atom is -0.389 e. The number of allylic oxidation sites excluding steroid dienone is 2. The molecule has 1 nitrogen and oxygen atoms in total. The van der Waals surface area contributed by atoms with E-state index >= 15 is 0 Å². The highest BCUT2D eigenvalue weighted by atomic mass is 32.2. The highest BCUT2D eigenvalue weighted by molar-refractivity contribution is 8.00. The fourth-order valence-electron chi connectivity index (χ4n) is 1.94. The molecule has 2 heteroatoms. The van der Waals surface area contributed by atoms with Gasteiger partial charge >= 0.3 is 0 Å². The second kappa shape index (κ2) is 5.22. The van der Waals surface area contributed by atoms with Crippen LogP contribution in [0.2, 0.25) is 0 Å². The molecule has 0 aliphatic carbocycles. The lowest BCUT2D eigenvalue weighted by molar-refractivity contribution is 0.0218. The van der Waals surface area contributed by atoms with Crippen molar-refractivity contribution in [1.29, 1.82) is 0 Å². The van der Waals surface area contributed by atoms with Crippen molar-refractivity contribution in [2.45, 2.75) is 57.3 Å². The second-order valence-corrected chi connectivity index (χ2v) is 5.99. The predicted molar refractivity (Wildman–Crippen MR) is 64.8 cm³/mol. The van der Waals surface area contributed by atoms with Gasteiger partial charge in [0, 0.05) is 5.25 Å². The van der Waals surface area contributed by atoms with Crippen molar-refractivity contribution >= 4 is 11.8 Å². The van der Waals surface area contributed by atoms with Crippen LogP contribution < -0.4 is 0 Å². The van der Waals surface area contributed by atoms with Crippen LogP contribution in [0.3, 0.4) is 0 Å². The van der Waals surface area contributed by atoms with Crippen molar-refractivity contribution in [3.8, 4) is 0 Å². The summed E-state index contributed by atoms with van der Waals surface area (Å²) in [6.07, 6.45) is 6.32. The van der Waals surface area contributed by atoms with E-state index < -0.39 is 5.60 Å². The van der Waals surface area contributed by atoms with E-state index in [1.807, 2.05) is 11.8 Å². The van der Waals surface area contributed by atoms with Gasteiger partial charge in [-0.25, -0.2) is 0 Å². The Morgan fingerprint density at radius 1 is 1.57 bits per heavy atom. The lowest BCUT2D eigenvalue weighted by atomic mass is 9.88. The fourth-order valence-corrected chi connectivity index (χ4v) is 3.15. The van der Waals surface area contributed by atoms with Crippen molar-refractivity contribution in [3.05, 3.63) is 11.6 Å². The molecule has 1 saturated heterocycles. The van der Waals surface area contributed by atoms with Gasteiger partial charge in [-0.1, -0.05) is 18.6 Å². The largest absolute Gasteiger partial charge is 0.389 e. The first-order valence-corrected chi connectivity index (χ1v) is 6.57. The summed E-state index contributed by atoms with van der Waals surface area (Å²) < 4.78 is 0. The van der Waals surface area contributed by atoms with E-state index in [9.17, 15) is 5.11 Å². The summed E-state index contributed by atoms with van der Waals surface area (Å²) in [6.45, 7) is 6.39. The molecule has 0 amide bonds. The van der Waals surface area contributed by atoms with Gasteiger partial charge in [0.1, 0.15) is 0 Å². The zero-order chi connectivity index (χ0) is 10.6. The normalized spacial score (nSPS) is 32.7. The molecule has 14 heavy (non-hydrogen) atoms. The zero-order valence-corrected chi connectivity index (χ0v) is 10.4. The molecule has 1 aliphatic rings. The van der Waals surface area contributed by atoms with Crippen molar-refractivity contribution < 1.29 is 5.11 Å². The lowest BCUT2D eigenvalue weighted by Gasteiger charge is -2.37. The van der Waals surface area contributed by atoms with Crippen molar-refractivity contribution in [3.63, 3.8) is 0 Å². The quantitative estimate of drug-likeness (QED) is 0.727. The van der Waals surface area contributed by atoms with Crippen LogP contribution in [0, 0.1) is 0 Å². The molecule has 1 rings (SSSR count). The first-order chi connectivity index (χ1) is 6.54. The maximum atomic E-state index is 10.4. The topological polar surface area (TPSA) is 20.2 Å². The summed E-state index contributed by atoms with van der Waals surface area (Å²) in [5, 5.41) is 10.8. The van der Waals surface area contributed by atoms with Gasteiger partial charge < -0.3 is 5.11 Å². The molecule has 0 aromatic rings. The highest BCUT2D eigenvalue weighted by Crippen LogP contribution is 2.37. The first-order valence-electron chi connectivity index (χ1n) is 5.52. The third-order valence-electron chi connectivity index (χ3n) is 3.01. The Hall–Kier alpha value is 0.0500. The van der Waals surface area contributed by atoms with Crippen LogP contribution in [0.5, 0.6) is 0 Å². The number of rotatable bonds is 3. The van der Waals surface area contributed by atoms with Crippen LogP contribution in [-0.2, 0) is 0 Å². The Labute approximate surface area is 92.0 Å². The van der Waals surface area contributed by atoms with E-state index in [4.69, 9.17) is 0 Å². The van der Waals surface area contributed by atoms with Gasteiger partial charge in [-0.2, -0.15) is 11.8 Å². The van der Waals surface area contributed by atoms with E-state index in [0.29, 0.717) is 5.25 Å². The SMILES string of the molecule is CC(C)=CCCC1(O)CCCSC1C. The minimum atomic E-state index is -0.408.